The second-order valence-corrected chi connectivity index (χ2v) is 10.7. The molecule has 1 aliphatic heterocycles. The highest BCUT2D eigenvalue weighted by atomic mass is 32.2. The van der Waals surface area contributed by atoms with Crippen molar-refractivity contribution in [2.75, 3.05) is 28.0 Å². The lowest BCUT2D eigenvalue weighted by Gasteiger charge is -2.28. The zero-order chi connectivity index (χ0) is 28.3. The largest absolute Gasteiger partial charge is 0.360 e. The molecule has 0 atom stereocenters. The third-order valence-corrected chi connectivity index (χ3v) is 7.37. The molecule has 4 rings (SSSR count). The maximum absolute atomic E-state index is 12.9. The Balaban J connectivity index is 1.57. The molecule has 204 valence electrons. The Bertz CT molecular complexity index is 1500. The van der Waals surface area contributed by atoms with E-state index in [1.165, 1.54) is 24.3 Å². The van der Waals surface area contributed by atoms with Crippen molar-refractivity contribution in [1.29, 1.82) is 0 Å². The van der Waals surface area contributed by atoms with E-state index in [9.17, 15) is 33.4 Å². The number of aromatic nitrogens is 2. The lowest BCUT2D eigenvalue weighted by molar-refractivity contribution is -0.392. The lowest BCUT2D eigenvalue weighted by Crippen LogP contribution is -2.30. The second-order valence-electron chi connectivity index (χ2n) is 8.98. The molecule has 2 N–H and O–H groups in total. The van der Waals surface area contributed by atoms with Gasteiger partial charge in [0.15, 0.2) is 5.69 Å². The van der Waals surface area contributed by atoms with Gasteiger partial charge in [0.2, 0.25) is 5.95 Å². The highest BCUT2D eigenvalue weighted by molar-refractivity contribution is 7.92. The first-order chi connectivity index (χ1) is 18.4. The van der Waals surface area contributed by atoms with Crippen LogP contribution in [-0.4, -0.2) is 47.2 Å². The summed E-state index contributed by atoms with van der Waals surface area (Å²) in [5.41, 5.74) is -0.109. The Morgan fingerprint density at radius 3 is 1.95 bits per heavy atom. The minimum atomic E-state index is -4.03. The van der Waals surface area contributed by atoms with Crippen LogP contribution in [0.4, 0.5) is 28.7 Å². The number of sulfonamides is 1. The van der Waals surface area contributed by atoms with Crippen molar-refractivity contribution in [1.82, 2.24) is 9.97 Å². The number of nitrogens with zero attached hydrogens (tertiary/aromatic N) is 5. The zero-order valence-corrected chi connectivity index (χ0v) is 21.9. The lowest BCUT2D eigenvalue weighted by atomic mass is 10.1. The smallest absolute Gasteiger partial charge is 0.300 e. The number of piperidine rings is 1. The number of benzene rings is 2. The van der Waals surface area contributed by atoms with Gasteiger partial charge in [-0.25, -0.2) is 23.1 Å². The molecule has 39 heavy (non-hydrogen) atoms. The van der Waals surface area contributed by atoms with Crippen LogP contribution in [0.3, 0.4) is 0 Å². The van der Waals surface area contributed by atoms with Gasteiger partial charge in [-0.15, -0.1) is 0 Å². The number of aryl methyl sites for hydroxylation is 2. The van der Waals surface area contributed by atoms with Crippen LogP contribution in [0.2, 0.25) is 0 Å². The SMILES string of the molecule is Cc1cc(C)nc(NS(=O)(=O)c2ccc(NC(=O)c3cc([N+](=O)[O-])c(N4CCCCC4)c([N+](=O)[O-])c3)cc2)n1. The summed E-state index contributed by atoms with van der Waals surface area (Å²) in [6.07, 6.45) is 2.42. The van der Waals surface area contributed by atoms with Gasteiger partial charge in [-0.2, -0.15) is 0 Å². The normalized spacial score (nSPS) is 13.5. The molecule has 15 heteroatoms. The molecule has 2 heterocycles. The van der Waals surface area contributed by atoms with E-state index >= 15 is 0 Å². The monoisotopic (exact) mass is 555 g/mol. The predicted molar refractivity (Wildman–Crippen MR) is 143 cm³/mol. The topological polar surface area (TPSA) is 191 Å². The maximum atomic E-state index is 12.9. The van der Waals surface area contributed by atoms with Crippen LogP contribution in [-0.2, 0) is 10.0 Å². The fourth-order valence-corrected chi connectivity index (χ4v) is 5.27. The molecule has 2 aromatic carbocycles. The summed E-state index contributed by atoms with van der Waals surface area (Å²) in [4.78, 5) is 44.7. The van der Waals surface area contributed by atoms with Gasteiger partial charge >= 0.3 is 0 Å². The number of nitro benzene ring substituents is 2. The van der Waals surface area contributed by atoms with Crippen LogP contribution in [0.15, 0.2) is 47.4 Å². The van der Waals surface area contributed by atoms with Gasteiger partial charge < -0.3 is 10.2 Å². The molecule has 0 spiro atoms. The van der Waals surface area contributed by atoms with E-state index in [1.54, 1.807) is 24.8 Å². The Morgan fingerprint density at radius 1 is 0.897 bits per heavy atom. The van der Waals surface area contributed by atoms with E-state index in [2.05, 4.69) is 20.0 Å². The van der Waals surface area contributed by atoms with E-state index in [0.29, 0.717) is 24.5 Å². The van der Waals surface area contributed by atoms with Gasteiger partial charge in [0, 0.05) is 42.3 Å². The van der Waals surface area contributed by atoms with E-state index in [0.717, 1.165) is 31.4 Å². The minimum Gasteiger partial charge on any atom is -0.360 e. The van der Waals surface area contributed by atoms with Crippen LogP contribution in [0.1, 0.15) is 41.0 Å². The Labute approximate surface area is 223 Å². The first kappa shape index (κ1) is 27.4. The average Bonchev–Trinajstić information content (AvgIpc) is 2.87. The van der Waals surface area contributed by atoms with Crippen LogP contribution in [0.25, 0.3) is 0 Å². The Hall–Kier alpha value is -4.66. The quantitative estimate of drug-likeness (QED) is 0.304. The van der Waals surface area contributed by atoms with Gasteiger partial charge in [-0.3, -0.25) is 25.0 Å². The molecule has 0 radical (unpaired) electrons. The van der Waals surface area contributed by atoms with Crippen LogP contribution in [0, 0.1) is 34.1 Å². The number of carbonyl (C=O) groups excluding carboxylic acids is 1. The number of amides is 1. The predicted octanol–water partition coefficient (Wildman–Crippen LogP) is 3.95. The van der Waals surface area contributed by atoms with Crippen LogP contribution in [0.5, 0.6) is 0 Å². The molecular formula is C24H25N7O7S. The van der Waals surface area contributed by atoms with Crippen molar-refractivity contribution < 1.29 is 23.1 Å². The highest BCUT2D eigenvalue weighted by Gasteiger charge is 2.33. The number of hydrogen-bond acceptors (Lipinski definition) is 10. The molecule has 14 nitrogen and oxygen atoms in total. The van der Waals surface area contributed by atoms with E-state index in [4.69, 9.17) is 0 Å². The van der Waals surface area contributed by atoms with Crippen molar-refractivity contribution in [3.8, 4) is 0 Å². The van der Waals surface area contributed by atoms with Crippen molar-refractivity contribution in [3.63, 3.8) is 0 Å². The maximum Gasteiger partial charge on any atom is 0.300 e. The number of hydrogen-bond donors (Lipinski definition) is 2. The van der Waals surface area contributed by atoms with Crippen molar-refractivity contribution in [2.24, 2.45) is 0 Å². The Morgan fingerprint density at radius 2 is 1.44 bits per heavy atom. The number of rotatable bonds is 8. The van der Waals surface area contributed by atoms with E-state index in [-0.39, 0.29) is 27.8 Å². The van der Waals surface area contributed by atoms with Crippen LogP contribution >= 0.6 is 0 Å². The summed E-state index contributed by atoms with van der Waals surface area (Å²) >= 11 is 0. The summed E-state index contributed by atoms with van der Waals surface area (Å²) in [5.74, 6) is -0.912. The third kappa shape index (κ3) is 6.26. The fourth-order valence-electron chi connectivity index (χ4n) is 4.33. The zero-order valence-electron chi connectivity index (χ0n) is 21.1. The molecule has 1 fully saturated rings. The molecule has 1 aliphatic rings. The molecule has 1 amide bonds. The molecule has 0 aliphatic carbocycles. The molecule has 0 bridgehead atoms. The summed E-state index contributed by atoms with van der Waals surface area (Å²) in [6.45, 7) is 4.28. The van der Waals surface area contributed by atoms with Crippen molar-refractivity contribution in [3.05, 3.63) is 79.6 Å². The number of nitro groups is 2. The summed E-state index contributed by atoms with van der Waals surface area (Å²) in [6, 6.07) is 8.84. The first-order valence-corrected chi connectivity index (χ1v) is 13.4. The van der Waals surface area contributed by atoms with E-state index in [1.807, 2.05) is 0 Å². The molecule has 1 saturated heterocycles. The minimum absolute atomic E-state index is 0.0823. The number of carbonyl (C=O) groups is 1. The third-order valence-electron chi connectivity index (χ3n) is 6.03. The fraction of sp³-hybridized carbons (Fsp3) is 0.292. The van der Waals surface area contributed by atoms with Gasteiger partial charge in [0.05, 0.1) is 20.3 Å². The second kappa shape index (κ2) is 11.0. The van der Waals surface area contributed by atoms with Gasteiger partial charge in [-0.1, -0.05) is 0 Å². The highest BCUT2D eigenvalue weighted by Crippen LogP contribution is 2.40. The number of anilines is 3. The van der Waals surface area contributed by atoms with Gasteiger partial charge in [-0.05, 0) is 63.4 Å². The molecule has 1 aromatic heterocycles. The first-order valence-electron chi connectivity index (χ1n) is 11.9. The Kier molecular flexibility index (Phi) is 7.71. The molecule has 3 aromatic rings. The molecular weight excluding hydrogens is 530 g/mol. The molecule has 0 unspecified atom stereocenters. The average molecular weight is 556 g/mol. The summed E-state index contributed by atoms with van der Waals surface area (Å²) < 4.78 is 27.8. The van der Waals surface area contributed by atoms with Crippen molar-refractivity contribution >= 4 is 44.6 Å². The van der Waals surface area contributed by atoms with E-state index < -0.39 is 37.2 Å². The standard InChI is InChI=1S/C24H25N7O7S/c1-15-12-16(2)26-24(25-15)28-39(37,38)19-8-6-18(7-9-19)27-23(32)17-13-20(30(33)34)22(21(14-17)31(35)36)29-10-4-3-5-11-29/h6-9,12-14H,3-5,10-11H2,1-2H3,(H,27,32)(H,25,26,28). The summed E-state index contributed by atoms with van der Waals surface area (Å²) in [5, 5.41) is 26.1. The summed E-state index contributed by atoms with van der Waals surface area (Å²) in [7, 11) is -4.03. The van der Waals surface area contributed by atoms with Crippen LogP contribution < -0.4 is 14.9 Å². The van der Waals surface area contributed by atoms with Gasteiger partial charge in [0.1, 0.15) is 0 Å². The van der Waals surface area contributed by atoms with Gasteiger partial charge in [0.25, 0.3) is 27.3 Å². The number of nitrogens with one attached hydrogen (secondary N) is 2. The van der Waals surface area contributed by atoms with Crippen molar-refractivity contribution in [2.45, 2.75) is 38.0 Å². The molecule has 0 saturated carbocycles.